The van der Waals surface area contributed by atoms with Gasteiger partial charge in [-0.3, -0.25) is 0 Å². The van der Waals surface area contributed by atoms with Crippen LogP contribution in [0, 0.1) is 0 Å². The van der Waals surface area contributed by atoms with Crippen LogP contribution in [0.4, 0.5) is 0 Å². The Bertz CT molecular complexity index is 4150. The van der Waals surface area contributed by atoms with Gasteiger partial charge >= 0.3 is 0 Å². The number of fused-ring (bicyclic) bond motifs is 13. The molecular formula is C72H52N2. The minimum Gasteiger partial charge on any atom is -0.308 e. The molecule has 0 unspecified atom stereocenters. The number of rotatable bonds is 6. The normalized spacial score (nSPS) is 13.9. The number of aromatic nitrogens is 2. The van der Waals surface area contributed by atoms with Crippen molar-refractivity contribution in [2.24, 2.45) is 0 Å². The summed E-state index contributed by atoms with van der Waals surface area (Å²) in [7, 11) is 0. The van der Waals surface area contributed by atoms with Crippen LogP contribution in [-0.2, 0) is 10.8 Å². The monoisotopic (exact) mass is 944 g/mol. The van der Waals surface area contributed by atoms with Gasteiger partial charge in [0.25, 0.3) is 0 Å². The molecule has 11 aromatic carbocycles. The Morgan fingerprint density at radius 2 is 0.568 bits per heavy atom. The van der Waals surface area contributed by atoms with Crippen LogP contribution in [0.3, 0.4) is 0 Å². The standard InChI is InChI=1S/C72H52N2/c1-71(2)61-31-19-17-29-53(61)55-35-33-49(43-63(55)71)73-67(47-25-13-7-14-26-47)65(45-21-9-5-10-22-45)59-41-37-51-52-38-42-60-66(46-23-11-6-12-24-46)68(48-27-15-8-16-28-48)74(70(60)58(52)40-39-57(51)69(59)73)50-34-36-56-54-30-18-20-32-62(54)72(3,4)64(56)44-50/h5-44H,1-4H3. The minimum absolute atomic E-state index is 0.158. The molecule has 0 aliphatic heterocycles. The first kappa shape index (κ1) is 42.7. The first-order chi connectivity index (χ1) is 36.3. The first-order valence-corrected chi connectivity index (χ1v) is 26.1. The molecule has 0 atom stereocenters. The second kappa shape index (κ2) is 15.8. The molecule has 350 valence electrons. The topological polar surface area (TPSA) is 9.86 Å². The summed E-state index contributed by atoms with van der Waals surface area (Å²) in [6.45, 7) is 9.54. The van der Waals surface area contributed by atoms with E-state index >= 15 is 0 Å². The second-order valence-electron chi connectivity index (χ2n) is 21.6. The molecule has 0 radical (unpaired) electrons. The van der Waals surface area contributed by atoms with Crippen molar-refractivity contribution in [1.82, 2.24) is 9.13 Å². The largest absolute Gasteiger partial charge is 0.308 e. The minimum atomic E-state index is -0.158. The molecule has 0 spiro atoms. The molecule has 13 aromatic rings. The van der Waals surface area contributed by atoms with Gasteiger partial charge in [0, 0.05) is 54.9 Å². The van der Waals surface area contributed by atoms with E-state index in [1.807, 2.05) is 0 Å². The maximum atomic E-state index is 2.59. The summed E-state index contributed by atoms with van der Waals surface area (Å²) in [4.78, 5) is 0. The lowest BCUT2D eigenvalue weighted by molar-refractivity contribution is 0.659. The van der Waals surface area contributed by atoms with Crippen LogP contribution in [0.1, 0.15) is 49.9 Å². The Morgan fingerprint density at radius 1 is 0.257 bits per heavy atom. The predicted molar refractivity (Wildman–Crippen MR) is 312 cm³/mol. The van der Waals surface area contributed by atoms with Gasteiger partial charge in [-0.15, -0.1) is 0 Å². The molecule has 74 heavy (non-hydrogen) atoms. The molecule has 2 heterocycles. The third-order valence-corrected chi connectivity index (χ3v) is 16.9. The molecule has 2 aromatic heterocycles. The molecule has 15 rings (SSSR count). The van der Waals surface area contributed by atoms with E-state index < -0.39 is 0 Å². The first-order valence-electron chi connectivity index (χ1n) is 26.1. The van der Waals surface area contributed by atoms with Gasteiger partial charge in [-0.1, -0.05) is 246 Å². The molecule has 0 bridgehead atoms. The molecule has 2 aliphatic carbocycles. The van der Waals surface area contributed by atoms with Crippen LogP contribution in [0.25, 0.3) is 122 Å². The molecule has 2 aliphatic rings. The van der Waals surface area contributed by atoms with Crippen LogP contribution >= 0.6 is 0 Å². The van der Waals surface area contributed by atoms with Crippen molar-refractivity contribution in [2.45, 2.75) is 38.5 Å². The van der Waals surface area contributed by atoms with Gasteiger partial charge in [0.1, 0.15) is 0 Å². The summed E-state index contributed by atoms with van der Waals surface area (Å²) < 4.78 is 5.18. The molecule has 0 N–H and O–H groups in total. The van der Waals surface area contributed by atoms with Gasteiger partial charge in [0.15, 0.2) is 0 Å². The zero-order chi connectivity index (χ0) is 49.5. The van der Waals surface area contributed by atoms with Gasteiger partial charge in [-0.2, -0.15) is 0 Å². The fourth-order valence-corrected chi connectivity index (χ4v) is 13.5. The second-order valence-corrected chi connectivity index (χ2v) is 21.6. The van der Waals surface area contributed by atoms with E-state index in [0.29, 0.717) is 0 Å². The van der Waals surface area contributed by atoms with Crippen molar-refractivity contribution in [2.75, 3.05) is 0 Å². The number of hydrogen-bond donors (Lipinski definition) is 0. The van der Waals surface area contributed by atoms with E-state index in [0.717, 1.165) is 11.4 Å². The zero-order valence-electron chi connectivity index (χ0n) is 42.0. The van der Waals surface area contributed by atoms with Gasteiger partial charge in [0.2, 0.25) is 0 Å². The molecule has 0 saturated carbocycles. The van der Waals surface area contributed by atoms with E-state index in [-0.39, 0.29) is 10.8 Å². The van der Waals surface area contributed by atoms with Crippen LogP contribution in [0.2, 0.25) is 0 Å². The highest BCUT2D eigenvalue weighted by atomic mass is 15.0. The lowest BCUT2D eigenvalue weighted by Crippen LogP contribution is -2.15. The quantitative estimate of drug-likeness (QED) is 0.147. The molecule has 2 heteroatoms. The summed E-state index contributed by atoms with van der Waals surface area (Å²) in [5.74, 6) is 0. The highest BCUT2D eigenvalue weighted by Crippen LogP contribution is 2.54. The highest BCUT2D eigenvalue weighted by molar-refractivity contribution is 6.26. The van der Waals surface area contributed by atoms with Gasteiger partial charge < -0.3 is 9.13 Å². The highest BCUT2D eigenvalue weighted by Gasteiger charge is 2.38. The molecule has 0 amide bonds. The van der Waals surface area contributed by atoms with Crippen molar-refractivity contribution in [3.8, 4) is 78.4 Å². The Kier molecular flexibility index (Phi) is 9.09. The maximum absolute atomic E-state index is 2.59. The van der Waals surface area contributed by atoms with Crippen molar-refractivity contribution >= 4 is 43.4 Å². The molecular weight excluding hydrogens is 893 g/mol. The summed E-state index contributed by atoms with van der Waals surface area (Å²) in [6, 6.07) is 90.9. The van der Waals surface area contributed by atoms with Crippen molar-refractivity contribution in [1.29, 1.82) is 0 Å². The Balaban J connectivity index is 1.07. The Hall–Kier alpha value is -8.98. The van der Waals surface area contributed by atoms with Crippen LogP contribution in [0.5, 0.6) is 0 Å². The van der Waals surface area contributed by atoms with E-state index in [2.05, 4.69) is 279 Å². The third kappa shape index (κ3) is 5.94. The van der Waals surface area contributed by atoms with Crippen LogP contribution in [0.15, 0.2) is 243 Å². The van der Waals surface area contributed by atoms with Gasteiger partial charge in [-0.25, -0.2) is 0 Å². The average Bonchev–Trinajstić information content (AvgIpc) is 4.14. The van der Waals surface area contributed by atoms with Crippen molar-refractivity contribution in [3.63, 3.8) is 0 Å². The molecule has 2 nitrogen and oxygen atoms in total. The SMILES string of the molecule is CC1(C)c2ccccc2-c2ccc(-n3c(-c4ccccc4)c(-c4ccccc4)c4ccc5c6ccc7c(-c8ccccc8)c(-c8ccccc8)n(-c8ccc9c(c8)C(C)(C)c8ccccc8-9)c7c6ccc5c43)cc21. The van der Waals surface area contributed by atoms with Crippen molar-refractivity contribution in [3.05, 3.63) is 265 Å². The van der Waals surface area contributed by atoms with E-state index in [1.165, 1.54) is 133 Å². The molecule has 0 saturated heterocycles. The Labute approximate surface area is 432 Å². The lowest BCUT2D eigenvalue weighted by atomic mass is 9.82. The molecule has 0 fully saturated rings. The van der Waals surface area contributed by atoms with E-state index in [1.54, 1.807) is 0 Å². The Morgan fingerprint density at radius 3 is 0.959 bits per heavy atom. The summed E-state index contributed by atoms with van der Waals surface area (Å²) in [6.07, 6.45) is 0. The fourth-order valence-electron chi connectivity index (χ4n) is 13.5. The smallest absolute Gasteiger partial charge is 0.0620 e. The lowest BCUT2D eigenvalue weighted by Gasteiger charge is -2.23. The van der Waals surface area contributed by atoms with Crippen molar-refractivity contribution < 1.29 is 0 Å². The summed E-state index contributed by atoms with van der Waals surface area (Å²) in [5.41, 5.74) is 24.8. The number of hydrogen-bond acceptors (Lipinski definition) is 0. The third-order valence-electron chi connectivity index (χ3n) is 16.9. The van der Waals surface area contributed by atoms with Gasteiger partial charge in [0.05, 0.1) is 22.4 Å². The van der Waals surface area contributed by atoms with Gasteiger partial charge in [-0.05, 0) is 102 Å². The maximum Gasteiger partial charge on any atom is 0.0620 e. The predicted octanol–water partition coefficient (Wildman–Crippen LogP) is 19.2. The summed E-state index contributed by atoms with van der Waals surface area (Å²) >= 11 is 0. The summed E-state index contributed by atoms with van der Waals surface area (Å²) in [5, 5.41) is 7.36. The van der Waals surface area contributed by atoms with Crippen LogP contribution < -0.4 is 0 Å². The average molecular weight is 945 g/mol. The fraction of sp³-hybridized carbons (Fsp3) is 0.0833. The van der Waals surface area contributed by atoms with E-state index in [9.17, 15) is 0 Å². The van der Waals surface area contributed by atoms with E-state index in [4.69, 9.17) is 0 Å². The number of benzene rings is 11. The van der Waals surface area contributed by atoms with Crippen LogP contribution in [-0.4, -0.2) is 9.13 Å². The number of nitrogens with zero attached hydrogens (tertiary/aromatic N) is 2. The zero-order valence-corrected chi connectivity index (χ0v) is 42.0.